The van der Waals surface area contributed by atoms with E-state index in [1.807, 2.05) is 42.2 Å². The third-order valence-corrected chi connectivity index (χ3v) is 7.73. The predicted molar refractivity (Wildman–Crippen MR) is 154 cm³/mol. The van der Waals surface area contributed by atoms with Crippen LogP contribution in [0.25, 0.3) is 11.1 Å². The van der Waals surface area contributed by atoms with Gasteiger partial charge in [0.25, 0.3) is 11.8 Å². The number of morpholine rings is 1. The van der Waals surface area contributed by atoms with Crippen LogP contribution in [0.5, 0.6) is 0 Å². The molecule has 0 spiro atoms. The zero-order valence-corrected chi connectivity index (χ0v) is 23.1. The van der Waals surface area contributed by atoms with E-state index < -0.39 is 11.7 Å². The fourth-order valence-electron chi connectivity index (χ4n) is 5.46. The molecule has 0 saturated carbocycles. The van der Waals surface area contributed by atoms with Crippen LogP contribution >= 0.6 is 0 Å². The Hall–Kier alpha value is -3.82. The third kappa shape index (κ3) is 6.48. The number of hydrogen-bond acceptors (Lipinski definition) is 6. The van der Waals surface area contributed by atoms with Crippen LogP contribution < -0.4 is 15.5 Å². The number of rotatable bonds is 8. The first kappa shape index (κ1) is 27.7. The van der Waals surface area contributed by atoms with Crippen LogP contribution in [-0.4, -0.2) is 73.7 Å². The Morgan fingerprint density at radius 3 is 2.55 bits per heavy atom. The number of nitrogens with zero attached hydrogens (tertiary/aromatic N) is 3. The van der Waals surface area contributed by atoms with Crippen LogP contribution in [0.15, 0.2) is 54.7 Å². The van der Waals surface area contributed by atoms with Crippen molar-refractivity contribution in [3.8, 4) is 11.1 Å². The molecule has 2 fully saturated rings. The molecule has 2 saturated heterocycles. The first-order valence-corrected chi connectivity index (χ1v) is 13.9. The number of nitrogens with one attached hydrogen (secondary N) is 2. The van der Waals surface area contributed by atoms with Gasteiger partial charge in [-0.25, -0.2) is 4.39 Å². The van der Waals surface area contributed by atoms with Gasteiger partial charge in [0.15, 0.2) is 0 Å². The van der Waals surface area contributed by atoms with Crippen molar-refractivity contribution in [2.45, 2.75) is 32.7 Å². The molecular formula is C31H36FN5O3. The number of ether oxygens (including phenoxy) is 1. The molecule has 2 amide bonds. The Balaban J connectivity index is 1.26. The molecule has 8 nitrogen and oxygen atoms in total. The summed E-state index contributed by atoms with van der Waals surface area (Å²) in [4.78, 5) is 34.7. The maximum atomic E-state index is 14.4. The molecule has 210 valence electrons. The average molecular weight is 546 g/mol. The molecular weight excluding hydrogens is 509 g/mol. The van der Waals surface area contributed by atoms with Gasteiger partial charge < -0.3 is 20.3 Å². The number of hydrogen-bond donors (Lipinski definition) is 2. The normalized spacial score (nSPS) is 17.6. The van der Waals surface area contributed by atoms with Crippen molar-refractivity contribution in [2.75, 3.05) is 56.2 Å². The van der Waals surface area contributed by atoms with Crippen LogP contribution in [-0.2, 0) is 4.74 Å². The number of aromatic nitrogens is 1. The molecule has 3 aromatic rings. The molecule has 2 aliphatic heterocycles. The first-order valence-electron chi connectivity index (χ1n) is 13.9. The van der Waals surface area contributed by atoms with Crippen molar-refractivity contribution in [1.82, 2.24) is 15.2 Å². The first-order chi connectivity index (χ1) is 19.4. The van der Waals surface area contributed by atoms with Crippen LogP contribution in [0, 0.1) is 12.7 Å². The Labute approximate surface area is 234 Å². The highest BCUT2D eigenvalue weighted by molar-refractivity contribution is 6.05. The predicted octanol–water partition coefficient (Wildman–Crippen LogP) is 4.50. The molecule has 9 heteroatoms. The quantitative estimate of drug-likeness (QED) is 0.434. The van der Waals surface area contributed by atoms with E-state index in [0.29, 0.717) is 55.8 Å². The molecule has 0 radical (unpaired) electrons. The monoisotopic (exact) mass is 545 g/mol. The maximum Gasteiger partial charge on any atom is 0.255 e. The lowest BCUT2D eigenvalue weighted by Crippen LogP contribution is -2.40. The van der Waals surface area contributed by atoms with Gasteiger partial charge in [-0.3, -0.25) is 19.5 Å². The van der Waals surface area contributed by atoms with E-state index in [1.54, 1.807) is 12.3 Å². The van der Waals surface area contributed by atoms with Gasteiger partial charge in [-0.2, -0.15) is 0 Å². The summed E-state index contributed by atoms with van der Waals surface area (Å²) in [6, 6.07) is 14.0. The highest BCUT2D eigenvalue weighted by Crippen LogP contribution is 2.27. The highest BCUT2D eigenvalue weighted by Gasteiger charge is 2.23. The van der Waals surface area contributed by atoms with Gasteiger partial charge in [0.1, 0.15) is 5.82 Å². The lowest BCUT2D eigenvalue weighted by atomic mass is 10.0. The second-order valence-corrected chi connectivity index (χ2v) is 10.3. The van der Waals surface area contributed by atoms with Crippen molar-refractivity contribution in [3.63, 3.8) is 0 Å². The standard InChI is InChI=1S/C31H36FN5O3/c1-3-36-10-4-5-27(36)20-34-30(38)23-8-6-22(7-9-23)29-18-26(19-33-21(29)2)35-31(39)24-15-25(32)17-28(16-24)37-11-13-40-14-12-37/h6-9,15-19,27H,3-5,10-14,20H2,1-2H3,(H,34,38)(H,35,39). The summed E-state index contributed by atoms with van der Waals surface area (Å²) in [5.41, 5.74) is 4.50. The van der Waals surface area contributed by atoms with Crippen molar-refractivity contribution < 1.29 is 18.7 Å². The zero-order valence-electron chi connectivity index (χ0n) is 23.1. The van der Waals surface area contributed by atoms with Gasteiger partial charge in [0.05, 0.1) is 25.1 Å². The summed E-state index contributed by atoms with van der Waals surface area (Å²) in [6.07, 6.45) is 3.87. The minimum Gasteiger partial charge on any atom is -0.378 e. The van der Waals surface area contributed by atoms with Gasteiger partial charge in [-0.05, 0) is 74.8 Å². The smallest absolute Gasteiger partial charge is 0.255 e. The molecule has 2 aliphatic rings. The molecule has 40 heavy (non-hydrogen) atoms. The molecule has 0 aliphatic carbocycles. The Kier molecular flexibility index (Phi) is 8.72. The number of likely N-dealkylation sites (tertiary alicyclic amines) is 1. The second-order valence-electron chi connectivity index (χ2n) is 10.3. The molecule has 1 unspecified atom stereocenters. The van der Waals surface area contributed by atoms with Gasteiger partial charge in [-0.1, -0.05) is 19.1 Å². The van der Waals surface area contributed by atoms with Crippen molar-refractivity contribution in [2.24, 2.45) is 0 Å². The van der Waals surface area contributed by atoms with Gasteiger partial charge >= 0.3 is 0 Å². The van der Waals surface area contributed by atoms with E-state index in [2.05, 4.69) is 27.4 Å². The summed E-state index contributed by atoms with van der Waals surface area (Å²) in [5, 5.41) is 5.93. The second kappa shape index (κ2) is 12.6. The number of carbonyl (C=O) groups excluding carboxylic acids is 2. The summed E-state index contributed by atoms with van der Waals surface area (Å²) in [6.45, 7) is 9.22. The number of halogens is 1. The zero-order chi connectivity index (χ0) is 28.1. The largest absolute Gasteiger partial charge is 0.378 e. The number of anilines is 2. The van der Waals surface area contributed by atoms with Crippen molar-refractivity contribution in [1.29, 1.82) is 0 Å². The summed E-state index contributed by atoms with van der Waals surface area (Å²) < 4.78 is 19.8. The van der Waals surface area contributed by atoms with Crippen LogP contribution in [0.3, 0.4) is 0 Å². The van der Waals surface area contributed by atoms with E-state index in [9.17, 15) is 14.0 Å². The summed E-state index contributed by atoms with van der Waals surface area (Å²) in [5.74, 6) is -0.967. The molecule has 3 heterocycles. The van der Waals surface area contributed by atoms with E-state index in [4.69, 9.17) is 4.74 Å². The van der Waals surface area contributed by atoms with Crippen molar-refractivity contribution in [3.05, 3.63) is 77.4 Å². The minimum absolute atomic E-state index is 0.0862. The number of carbonyl (C=O) groups is 2. The van der Waals surface area contributed by atoms with E-state index >= 15 is 0 Å². The molecule has 5 rings (SSSR count). The van der Waals surface area contributed by atoms with E-state index in [1.165, 1.54) is 18.6 Å². The third-order valence-electron chi connectivity index (χ3n) is 7.73. The number of aryl methyl sites for hydroxylation is 1. The topological polar surface area (TPSA) is 86.8 Å². The molecule has 2 aromatic carbocycles. The summed E-state index contributed by atoms with van der Waals surface area (Å²) >= 11 is 0. The van der Waals surface area contributed by atoms with E-state index in [0.717, 1.165) is 36.3 Å². The Morgan fingerprint density at radius 2 is 1.80 bits per heavy atom. The molecule has 1 atom stereocenters. The van der Waals surface area contributed by atoms with Gasteiger partial charge in [0, 0.05) is 53.7 Å². The minimum atomic E-state index is -0.466. The van der Waals surface area contributed by atoms with Crippen LogP contribution in [0.4, 0.5) is 15.8 Å². The van der Waals surface area contributed by atoms with Crippen LogP contribution in [0.2, 0.25) is 0 Å². The van der Waals surface area contributed by atoms with Gasteiger partial charge in [0.2, 0.25) is 0 Å². The Morgan fingerprint density at radius 1 is 1.02 bits per heavy atom. The lowest BCUT2D eigenvalue weighted by molar-refractivity contribution is 0.0940. The van der Waals surface area contributed by atoms with Crippen molar-refractivity contribution >= 4 is 23.2 Å². The number of benzene rings is 2. The number of likely N-dealkylation sites (N-methyl/N-ethyl adjacent to an activating group) is 1. The molecule has 1 aromatic heterocycles. The van der Waals surface area contributed by atoms with Gasteiger partial charge in [-0.15, -0.1) is 0 Å². The molecule has 0 bridgehead atoms. The van der Waals surface area contributed by atoms with Crippen LogP contribution in [0.1, 0.15) is 46.2 Å². The maximum absolute atomic E-state index is 14.4. The Bertz CT molecular complexity index is 1360. The highest BCUT2D eigenvalue weighted by atomic mass is 19.1. The van der Waals surface area contributed by atoms with E-state index in [-0.39, 0.29) is 11.5 Å². The summed E-state index contributed by atoms with van der Waals surface area (Å²) in [7, 11) is 0. The SMILES string of the molecule is CCN1CCCC1CNC(=O)c1ccc(-c2cc(NC(=O)c3cc(F)cc(N4CCOCC4)c3)cnc2C)cc1. The number of amides is 2. The number of pyridine rings is 1. The lowest BCUT2D eigenvalue weighted by Gasteiger charge is -2.29. The average Bonchev–Trinajstić information content (AvgIpc) is 3.45. The molecule has 2 N–H and O–H groups in total. The fraction of sp³-hybridized carbons (Fsp3) is 0.387. The fourth-order valence-corrected chi connectivity index (χ4v) is 5.46.